The fourth-order valence-corrected chi connectivity index (χ4v) is 3.63. The van der Waals surface area contributed by atoms with Gasteiger partial charge in [-0.3, -0.25) is 9.59 Å². The predicted octanol–water partition coefficient (Wildman–Crippen LogP) is 1.99. The van der Waals surface area contributed by atoms with Gasteiger partial charge in [-0.1, -0.05) is 36.4 Å². The van der Waals surface area contributed by atoms with Gasteiger partial charge in [0.05, 0.1) is 12.6 Å². The lowest BCUT2D eigenvalue weighted by Crippen LogP contribution is -2.52. The van der Waals surface area contributed by atoms with Crippen molar-refractivity contribution in [2.45, 2.75) is 31.3 Å². The average molecular weight is 480 g/mol. The monoisotopic (exact) mass is 479 g/mol. The van der Waals surface area contributed by atoms with Crippen LogP contribution in [0.2, 0.25) is 0 Å². The molecule has 0 aliphatic carbocycles. The van der Waals surface area contributed by atoms with Crippen LogP contribution in [0.5, 0.6) is 11.5 Å². The number of carbonyl (C=O) groups excluding carboxylic acids is 2. The van der Waals surface area contributed by atoms with Crippen LogP contribution in [0.4, 0.5) is 0 Å². The lowest BCUT2D eigenvalue weighted by molar-refractivity contribution is -0.140. The van der Waals surface area contributed by atoms with Crippen molar-refractivity contribution in [3.05, 3.63) is 71.8 Å². The van der Waals surface area contributed by atoms with Crippen molar-refractivity contribution in [1.82, 2.24) is 5.32 Å². The summed E-state index contributed by atoms with van der Waals surface area (Å²) in [6.07, 6.45) is 1.62. The number of hydrogen-bond donors (Lipinski definition) is 5. The second-order valence-corrected chi connectivity index (χ2v) is 8.16. The lowest BCUT2D eigenvalue weighted by atomic mass is 9.96. The number of fused-ring (bicyclic) bond motifs is 1. The number of carboxylic acid groups (broad SMARTS) is 1. The van der Waals surface area contributed by atoms with E-state index in [1.165, 1.54) is 18.2 Å². The summed E-state index contributed by atoms with van der Waals surface area (Å²) >= 11 is 0. The summed E-state index contributed by atoms with van der Waals surface area (Å²) in [5.74, 6) is -2.58. The fraction of sp³-hybridized carbons (Fsp3) is 0.269. The third-order valence-corrected chi connectivity index (χ3v) is 5.49. The van der Waals surface area contributed by atoms with E-state index < -0.39 is 29.7 Å². The van der Waals surface area contributed by atoms with Crippen LogP contribution in [0.1, 0.15) is 28.8 Å². The van der Waals surface area contributed by atoms with Gasteiger partial charge in [0.25, 0.3) is 0 Å². The molecule has 0 aliphatic rings. The number of rotatable bonds is 12. The Morgan fingerprint density at radius 3 is 2.40 bits per heavy atom. The number of aromatic hydroxyl groups is 1. The first-order valence-corrected chi connectivity index (χ1v) is 11.3. The van der Waals surface area contributed by atoms with Gasteiger partial charge in [-0.2, -0.15) is 0 Å². The first kappa shape index (κ1) is 25.7. The van der Waals surface area contributed by atoms with Crippen LogP contribution >= 0.6 is 0 Å². The number of carbonyl (C=O) groups is 3. The van der Waals surface area contributed by atoms with Crippen LogP contribution in [-0.2, 0) is 16.0 Å². The molecule has 1 amide bonds. The van der Waals surface area contributed by atoms with Crippen molar-refractivity contribution in [1.29, 1.82) is 0 Å². The molecule has 0 heterocycles. The molecule has 3 aromatic carbocycles. The summed E-state index contributed by atoms with van der Waals surface area (Å²) in [4.78, 5) is 38.0. The number of ether oxygens (including phenoxy) is 1. The molecular formula is C26H29N3O6. The number of hydrogen-bond acceptors (Lipinski definition) is 7. The molecule has 3 aromatic rings. The van der Waals surface area contributed by atoms with Crippen LogP contribution in [0.25, 0.3) is 10.8 Å². The third kappa shape index (κ3) is 6.78. The minimum Gasteiger partial charge on any atom is -0.508 e. The van der Waals surface area contributed by atoms with Crippen LogP contribution < -0.4 is 21.5 Å². The summed E-state index contributed by atoms with van der Waals surface area (Å²) in [6.45, 7) is 0.939. The van der Waals surface area contributed by atoms with Gasteiger partial charge in [0.2, 0.25) is 5.91 Å². The largest absolute Gasteiger partial charge is 0.508 e. The molecule has 0 saturated heterocycles. The third-order valence-electron chi connectivity index (χ3n) is 5.49. The van der Waals surface area contributed by atoms with E-state index in [9.17, 15) is 24.6 Å². The predicted molar refractivity (Wildman–Crippen MR) is 131 cm³/mol. The van der Waals surface area contributed by atoms with Crippen molar-refractivity contribution in [2.75, 3.05) is 13.2 Å². The van der Waals surface area contributed by atoms with Gasteiger partial charge in [-0.05, 0) is 66.4 Å². The number of ketones is 1. The highest BCUT2D eigenvalue weighted by Crippen LogP contribution is 2.27. The van der Waals surface area contributed by atoms with E-state index in [1.54, 1.807) is 42.5 Å². The number of nitrogens with one attached hydrogen (secondary N) is 1. The zero-order chi connectivity index (χ0) is 25.4. The lowest BCUT2D eigenvalue weighted by Gasteiger charge is -2.19. The SMILES string of the molecule is NCCCCOc1cc(C(=O)C(NC(=O)[C@@H](N)Cc2ccc(O)cc2)C(=O)O)c2ccccc2c1. The minimum atomic E-state index is -1.83. The molecule has 0 saturated carbocycles. The van der Waals surface area contributed by atoms with E-state index >= 15 is 0 Å². The highest BCUT2D eigenvalue weighted by Gasteiger charge is 2.32. The zero-order valence-corrected chi connectivity index (χ0v) is 19.1. The molecular weight excluding hydrogens is 450 g/mol. The number of amides is 1. The summed E-state index contributed by atoms with van der Waals surface area (Å²) in [5.41, 5.74) is 12.3. The molecule has 0 fully saturated rings. The number of unbranched alkanes of at least 4 members (excludes halogenated alkanes) is 1. The van der Waals surface area contributed by atoms with Crippen LogP contribution in [0, 0.1) is 0 Å². The van der Waals surface area contributed by atoms with Crippen molar-refractivity contribution in [2.24, 2.45) is 11.5 Å². The number of Topliss-reactive ketones (excluding diaryl/α,β-unsaturated/α-hetero) is 1. The summed E-state index contributed by atoms with van der Waals surface area (Å²) in [7, 11) is 0. The number of nitrogens with two attached hydrogens (primary N) is 2. The second kappa shape index (κ2) is 12.0. The topological polar surface area (TPSA) is 165 Å². The van der Waals surface area contributed by atoms with Gasteiger partial charge in [0.1, 0.15) is 11.5 Å². The molecule has 184 valence electrons. The quantitative estimate of drug-likeness (QED) is 0.149. The first-order chi connectivity index (χ1) is 16.8. The normalized spacial score (nSPS) is 12.6. The number of phenols is 1. The standard InChI is InChI=1S/C26H29N3O6/c27-11-3-4-12-35-19-14-17-5-1-2-6-20(17)21(15-19)24(31)23(26(33)34)29-25(32)22(28)13-16-7-9-18(30)10-8-16/h1-2,5-10,14-15,22-23,30H,3-4,11-13,27-28H2,(H,29,32)(H,33,34)/t22-,23?/m0/s1. The fourth-order valence-electron chi connectivity index (χ4n) is 3.63. The average Bonchev–Trinajstić information content (AvgIpc) is 2.85. The molecule has 9 nitrogen and oxygen atoms in total. The maximum atomic E-state index is 13.3. The van der Waals surface area contributed by atoms with Gasteiger partial charge in [-0.15, -0.1) is 0 Å². The first-order valence-electron chi connectivity index (χ1n) is 11.3. The molecule has 3 rings (SSSR count). The Hall–Kier alpha value is -3.95. The van der Waals surface area contributed by atoms with Crippen molar-refractivity contribution in [3.63, 3.8) is 0 Å². The minimum absolute atomic E-state index is 0.0705. The molecule has 2 atom stereocenters. The van der Waals surface area contributed by atoms with Gasteiger partial charge in [0.15, 0.2) is 11.8 Å². The van der Waals surface area contributed by atoms with Crippen molar-refractivity contribution >= 4 is 28.4 Å². The number of phenolic OH excluding ortho intramolecular Hbond substituents is 1. The van der Waals surface area contributed by atoms with Crippen LogP contribution in [-0.4, -0.2) is 53.1 Å². The second-order valence-electron chi connectivity index (χ2n) is 8.16. The Morgan fingerprint density at radius 2 is 1.71 bits per heavy atom. The Bertz CT molecular complexity index is 1200. The highest BCUT2D eigenvalue weighted by molar-refractivity contribution is 6.19. The van der Waals surface area contributed by atoms with Gasteiger partial charge < -0.3 is 31.7 Å². The summed E-state index contributed by atoms with van der Waals surface area (Å²) < 4.78 is 5.76. The molecule has 9 heteroatoms. The molecule has 0 radical (unpaired) electrons. The van der Waals surface area contributed by atoms with E-state index in [2.05, 4.69) is 5.32 Å². The molecule has 0 aromatic heterocycles. The van der Waals surface area contributed by atoms with E-state index in [-0.39, 0.29) is 17.7 Å². The molecule has 7 N–H and O–H groups in total. The molecule has 0 bridgehead atoms. The van der Waals surface area contributed by atoms with E-state index in [0.29, 0.717) is 35.2 Å². The van der Waals surface area contributed by atoms with E-state index in [0.717, 1.165) is 12.8 Å². The number of benzene rings is 3. The summed E-state index contributed by atoms with van der Waals surface area (Å²) in [5, 5.41) is 22.7. The molecule has 0 spiro atoms. The molecule has 0 aliphatic heterocycles. The Morgan fingerprint density at radius 1 is 1.00 bits per heavy atom. The van der Waals surface area contributed by atoms with E-state index in [4.69, 9.17) is 16.2 Å². The number of carboxylic acids is 1. The highest BCUT2D eigenvalue weighted by atomic mass is 16.5. The van der Waals surface area contributed by atoms with Crippen LogP contribution in [0.3, 0.4) is 0 Å². The van der Waals surface area contributed by atoms with Crippen LogP contribution in [0.15, 0.2) is 60.7 Å². The maximum Gasteiger partial charge on any atom is 0.334 e. The van der Waals surface area contributed by atoms with Gasteiger partial charge in [-0.25, -0.2) is 4.79 Å². The number of aliphatic carboxylic acids is 1. The maximum absolute atomic E-state index is 13.3. The smallest absolute Gasteiger partial charge is 0.334 e. The van der Waals surface area contributed by atoms with Gasteiger partial charge in [0, 0.05) is 5.56 Å². The zero-order valence-electron chi connectivity index (χ0n) is 19.1. The summed E-state index contributed by atoms with van der Waals surface area (Å²) in [6, 6.07) is 13.5. The van der Waals surface area contributed by atoms with Gasteiger partial charge >= 0.3 is 5.97 Å². The van der Waals surface area contributed by atoms with Crippen molar-refractivity contribution in [3.8, 4) is 11.5 Å². The molecule has 1 unspecified atom stereocenters. The van der Waals surface area contributed by atoms with E-state index in [1.807, 2.05) is 0 Å². The Labute approximate surface area is 202 Å². The Kier molecular flexibility index (Phi) is 8.77. The molecule has 35 heavy (non-hydrogen) atoms. The van der Waals surface area contributed by atoms with Crippen molar-refractivity contribution < 1.29 is 29.3 Å². The Balaban J connectivity index is 1.82.